The number of nitrogens with zero attached hydrogens (tertiary/aromatic N) is 5. The molecule has 126 valence electrons. The molecule has 0 saturated carbocycles. The molecule has 0 aliphatic rings. The van der Waals surface area contributed by atoms with Gasteiger partial charge in [0.25, 0.3) is 6.47 Å². The lowest BCUT2D eigenvalue weighted by molar-refractivity contribution is -0.122. The van der Waals surface area contributed by atoms with Gasteiger partial charge in [0.2, 0.25) is 5.95 Å². The molecular formula is C15H24N6O2. The Kier molecular flexibility index (Phi) is 7.52. The number of aryl methyl sites for hydroxylation is 1. The van der Waals surface area contributed by atoms with Crippen molar-refractivity contribution in [2.24, 2.45) is 0 Å². The van der Waals surface area contributed by atoms with E-state index in [0.29, 0.717) is 5.95 Å². The highest BCUT2D eigenvalue weighted by atomic mass is 16.3. The van der Waals surface area contributed by atoms with Crippen LogP contribution in [0.2, 0.25) is 0 Å². The number of nitrogen functional groups attached to an aromatic ring is 1. The van der Waals surface area contributed by atoms with Crippen LogP contribution < -0.4 is 10.6 Å². The molecule has 8 nitrogen and oxygen atoms in total. The summed E-state index contributed by atoms with van der Waals surface area (Å²) >= 11 is 0. The summed E-state index contributed by atoms with van der Waals surface area (Å²) in [5, 5.41) is 11.2. The number of anilines is 2. The molecule has 2 heterocycles. The van der Waals surface area contributed by atoms with E-state index in [1.165, 1.54) is 0 Å². The molecule has 0 amide bonds. The van der Waals surface area contributed by atoms with E-state index in [0.717, 1.165) is 43.3 Å². The minimum atomic E-state index is -0.250. The summed E-state index contributed by atoms with van der Waals surface area (Å²) in [5.74, 6) is 1.16. The van der Waals surface area contributed by atoms with E-state index in [1.54, 1.807) is 6.20 Å². The Bertz CT molecular complexity index is 610. The van der Waals surface area contributed by atoms with Crippen molar-refractivity contribution in [3.63, 3.8) is 0 Å². The van der Waals surface area contributed by atoms with Gasteiger partial charge in [-0.1, -0.05) is 6.92 Å². The minimum Gasteiger partial charge on any atom is -0.483 e. The lowest BCUT2D eigenvalue weighted by atomic mass is 10.2. The molecule has 0 bridgehead atoms. The third kappa shape index (κ3) is 4.94. The van der Waals surface area contributed by atoms with Crippen LogP contribution in [0.25, 0.3) is 11.4 Å². The second kappa shape index (κ2) is 9.39. The number of nitrogens with two attached hydrogens (primary N) is 1. The van der Waals surface area contributed by atoms with Crippen LogP contribution in [0.1, 0.15) is 27.2 Å². The Morgan fingerprint density at radius 1 is 1.30 bits per heavy atom. The van der Waals surface area contributed by atoms with Crippen molar-refractivity contribution < 1.29 is 9.90 Å². The van der Waals surface area contributed by atoms with E-state index >= 15 is 0 Å². The van der Waals surface area contributed by atoms with Crippen LogP contribution in [0, 0.1) is 0 Å². The number of hydrogen-bond donors (Lipinski definition) is 2. The molecule has 0 fully saturated rings. The number of carbonyl (C=O) groups is 1. The van der Waals surface area contributed by atoms with E-state index < -0.39 is 0 Å². The zero-order valence-corrected chi connectivity index (χ0v) is 13.8. The van der Waals surface area contributed by atoms with Gasteiger partial charge in [0, 0.05) is 31.9 Å². The predicted octanol–water partition coefficient (Wildman–Crippen LogP) is 1.88. The summed E-state index contributed by atoms with van der Waals surface area (Å²) in [7, 11) is 0. The summed E-state index contributed by atoms with van der Waals surface area (Å²) < 4.78 is 1.95. The molecule has 0 aliphatic carbocycles. The third-order valence-electron chi connectivity index (χ3n) is 3.23. The smallest absolute Gasteiger partial charge is 0.290 e. The van der Waals surface area contributed by atoms with Gasteiger partial charge in [0.1, 0.15) is 5.82 Å². The molecule has 3 N–H and O–H groups in total. The van der Waals surface area contributed by atoms with Crippen molar-refractivity contribution in [2.45, 2.75) is 33.7 Å². The van der Waals surface area contributed by atoms with E-state index in [-0.39, 0.29) is 6.47 Å². The summed E-state index contributed by atoms with van der Waals surface area (Å²) in [6.45, 7) is 8.72. The van der Waals surface area contributed by atoms with Crippen LogP contribution in [0.15, 0.2) is 18.3 Å². The number of rotatable bonds is 6. The first kappa shape index (κ1) is 18.4. The van der Waals surface area contributed by atoms with Crippen molar-refractivity contribution in [1.29, 1.82) is 0 Å². The van der Waals surface area contributed by atoms with Crippen LogP contribution in [-0.2, 0) is 11.3 Å². The maximum Gasteiger partial charge on any atom is 0.290 e. The average molecular weight is 320 g/mol. The first-order chi connectivity index (χ1) is 11.1. The number of carboxylic acid groups (broad SMARTS) is 1. The Morgan fingerprint density at radius 3 is 2.52 bits per heavy atom. The van der Waals surface area contributed by atoms with Crippen molar-refractivity contribution >= 4 is 18.2 Å². The zero-order chi connectivity index (χ0) is 17.2. The fraction of sp³-hybridized carbons (Fsp3) is 0.467. The fourth-order valence-corrected chi connectivity index (χ4v) is 2.23. The summed E-state index contributed by atoms with van der Waals surface area (Å²) in [6.07, 6.45) is 2.82. The van der Waals surface area contributed by atoms with Crippen molar-refractivity contribution in [2.75, 3.05) is 23.7 Å². The third-order valence-corrected chi connectivity index (χ3v) is 3.23. The second-order valence-corrected chi connectivity index (χ2v) is 4.69. The van der Waals surface area contributed by atoms with Crippen LogP contribution in [-0.4, -0.2) is 44.4 Å². The van der Waals surface area contributed by atoms with Crippen LogP contribution >= 0.6 is 0 Å². The molecule has 0 radical (unpaired) electrons. The van der Waals surface area contributed by atoms with Gasteiger partial charge in [-0.05, 0) is 26.3 Å². The van der Waals surface area contributed by atoms with Gasteiger partial charge in [-0.3, -0.25) is 9.48 Å². The summed E-state index contributed by atoms with van der Waals surface area (Å²) in [4.78, 5) is 19.2. The average Bonchev–Trinajstić information content (AvgIpc) is 2.97. The molecule has 0 unspecified atom stereocenters. The molecule has 0 aliphatic heterocycles. The van der Waals surface area contributed by atoms with Gasteiger partial charge in [-0.2, -0.15) is 10.1 Å². The maximum atomic E-state index is 8.36. The van der Waals surface area contributed by atoms with Crippen molar-refractivity contribution in [3.05, 3.63) is 18.3 Å². The summed E-state index contributed by atoms with van der Waals surface area (Å²) in [5.41, 5.74) is 7.66. The molecule has 0 aromatic carbocycles. The normalized spacial score (nSPS) is 9.87. The topological polar surface area (TPSA) is 110 Å². The lowest BCUT2D eigenvalue weighted by Crippen LogP contribution is -2.23. The SMILES string of the molecule is CCCn1nccc1-c1cc(N(CC)CC)nc(N)n1.O=CO. The minimum absolute atomic E-state index is 0.250. The van der Waals surface area contributed by atoms with E-state index in [4.69, 9.17) is 15.6 Å². The first-order valence-corrected chi connectivity index (χ1v) is 7.60. The zero-order valence-electron chi connectivity index (χ0n) is 13.8. The van der Waals surface area contributed by atoms with Crippen molar-refractivity contribution in [1.82, 2.24) is 19.7 Å². The number of aromatic nitrogens is 4. The molecule has 23 heavy (non-hydrogen) atoms. The first-order valence-electron chi connectivity index (χ1n) is 7.60. The van der Waals surface area contributed by atoms with Crippen molar-refractivity contribution in [3.8, 4) is 11.4 Å². The van der Waals surface area contributed by atoms with Crippen LogP contribution in [0.3, 0.4) is 0 Å². The highest BCUT2D eigenvalue weighted by Crippen LogP contribution is 2.22. The quantitative estimate of drug-likeness (QED) is 0.782. The molecule has 0 spiro atoms. The van der Waals surface area contributed by atoms with E-state index in [2.05, 4.69) is 40.7 Å². The Morgan fingerprint density at radius 2 is 1.96 bits per heavy atom. The molecule has 0 atom stereocenters. The van der Waals surface area contributed by atoms with E-state index in [9.17, 15) is 0 Å². The Labute approximate surface area is 136 Å². The van der Waals surface area contributed by atoms with Gasteiger partial charge in [0.05, 0.1) is 11.4 Å². The Balaban J connectivity index is 0.000000816. The van der Waals surface area contributed by atoms with Gasteiger partial charge in [0.15, 0.2) is 0 Å². The summed E-state index contributed by atoms with van der Waals surface area (Å²) in [6, 6.07) is 3.94. The Hall–Kier alpha value is -2.64. The molecular weight excluding hydrogens is 296 g/mol. The second-order valence-electron chi connectivity index (χ2n) is 4.69. The lowest BCUT2D eigenvalue weighted by Gasteiger charge is -2.20. The predicted molar refractivity (Wildman–Crippen MR) is 90.2 cm³/mol. The molecule has 2 aromatic heterocycles. The highest BCUT2D eigenvalue weighted by molar-refractivity contribution is 5.61. The van der Waals surface area contributed by atoms with Gasteiger partial charge in [-0.25, -0.2) is 4.98 Å². The monoisotopic (exact) mass is 320 g/mol. The van der Waals surface area contributed by atoms with E-state index in [1.807, 2.05) is 16.8 Å². The molecule has 2 rings (SSSR count). The molecule has 0 saturated heterocycles. The number of hydrogen-bond acceptors (Lipinski definition) is 6. The van der Waals surface area contributed by atoms with Gasteiger partial charge < -0.3 is 15.7 Å². The standard InChI is InChI=1S/C14H22N6.CH2O2/c1-4-9-20-12(7-8-16-20)11-10-13(18-14(15)17-11)19(5-2)6-3;2-1-3/h7-8,10H,4-6,9H2,1-3H3,(H2,15,17,18);1H,(H,2,3). The largest absolute Gasteiger partial charge is 0.483 e. The highest BCUT2D eigenvalue weighted by Gasteiger charge is 2.12. The molecule has 2 aromatic rings. The maximum absolute atomic E-state index is 8.36. The van der Waals surface area contributed by atoms with Crippen LogP contribution in [0.4, 0.5) is 11.8 Å². The van der Waals surface area contributed by atoms with Gasteiger partial charge in [-0.15, -0.1) is 0 Å². The van der Waals surface area contributed by atoms with Gasteiger partial charge >= 0.3 is 0 Å². The van der Waals surface area contributed by atoms with Crippen LogP contribution in [0.5, 0.6) is 0 Å². The molecule has 8 heteroatoms. The fourth-order valence-electron chi connectivity index (χ4n) is 2.23.